The van der Waals surface area contributed by atoms with Gasteiger partial charge in [-0.1, -0.05) is 364 Å². The molecular weight excluding hydrogens is 1830 g/mol. The van der Waals surface area contributed by atoms with E-state index >= 15 is 0 Å². The fraction of sp³-hybridized carbons (Fsp3) is 0. The van der Waals surface area contributed by atoms with Crippen molar-refractivity contribution < 1.29 is 0 Å². The summed E-state index contributed by atoms with van der Waals surface area (Å²) in [6, 6.07) is 179. The highest BCUT2D eigenvalue weighted by Crippen LogP contribution is 2.46. The maximum Gasteiger partial charge on any atom is 0.237 e. The number of para-hydroxylation sites is 9. The first-order valence-corrected chi connectivity index (χ1v) is 50.5. The van der Waals surface area contributed by atoms with Gasteiger partial charge in [-0.15, -0.1) is 0 Å². The van der Waals surface area contributed by atoms with E-state index in [-0.39, 0.29) is 0 Å². The van der Waals surface area contributed by atoms with Gasteiger partial charge in [0.05, 0.1) is 95.7 Å². The van der Waals surface area contributed by atoms with Crippen LogP contribution >= 0.6 is 0 Å². The summed E-state index contributed by atoms with van der Waals surface area (Å²) in [6.07, 6.45) is 7.94. The Hall–Kier alpha value is -20.5. The van der Waals surface area contributed by atoms with Crippen molar-refractivity contribution in [3.63, 3.8) is 0 Å². The molecule has 0 saturated heterocycles. The Morgan fingerprint density at radius 3 is 0.753 bits per heavy atom. The van der Waals surface area contributed by atoms with E-state index in [0.717, 1.165) is 189 Å². The lowest BCUT2D eigenvalue weighted by atomic mass is 10.0. The molecule has 14 heteroatoms. The van der Waals surface area contributed by atoms with Crippen LogP contribution in [0.15, 0.2) is 534 Å². The summed E-state index contributed by atoms with van der Waals surface area (Å²) in [5, 5.41) is 14.0. The molecule has 12 heterocycles. The van der Waals surface area contributed by atoms with Gasteiger partial charge in [0, 0.05) is 150 Å². The third-order valence-electron chi connectivity index (χ3n) is 29.0. The van der Waals surface area contributed by atoms with Crippen LogP contribution in [-0.4, -0.2) is 67.3 Å². The summed E-state index contributed by atoms with van der Waals surface area (Å²) in [6.45, 7) is 0. The van der Waals surface area contributed by atoms with Crippen molar-refractivity contribution in [2.24, 2.45) is 0 Å². The molecule has 0 fully saturated rings. The number of pyridine rings is 4. The van der Waals surface area contributed by atoms with Crippen molar-refractivity contribution >= 4 is 131 Å². The number of nitrogens with zero attached hydrogens (tertiary/aromatic N) is 14. The lowest BCUT2D eigenvalue weighted by Gasteiger charge is -2.14. The lowest BCUT2D eigenvalue weighted by Crippen LogP contribution is -2.04. The molecule has 30 aromatic rings. The van der Waals surface area contributed by atoms with E-state index in [0.29, 0.717) is 11.8 Å². The van der Waals surface area contributed by atoms with Gasteiger partial charge in [0.1, 0.15) is 16.9 Å². The highest BCUT2D eigenvalue weighted by atomic mass is 15.2. The second-order valence-electron chi connectivity index (χ2n) is 37.8. The molecule has 0 aliphatic carbocycles. The maximum atomic E-state index is 5.21. The number of fused-ring (bicyclic) bond motifs is 18. The standard InChI is InChI=1S/C46H30N4.2C45H29N5/c1-4-14-31(15-5-1)41-28-36(29-42(48-41)32-16-6-2-7-17-32)50-44-23-13-11-21-38(44)40-27-34(30-47-46(40)50)33-24-25-45-39(26-33)37-20-10-12-22-43(37)49(45)35-18-8-3-9-19-35;1-4-14-30(15-5-1)39-28-40(31-16-6-2-7-17-31)48-45(47-39)50-42-23-13-11-21-36(42)38-27-33(29-46-44(38)50)32-24-25-43-37(26-32)35-20-10-12-22-41(35)49(43)34-18-8-3-9-19-34;1-4-14-30(15-5-1)43-42(29-46-44(48-43)31-16-6-2-7-17-31)50-40-23-13-11-21-36(40)38-27-33(28-47-45(38)50)32-24-25-41-37(26-32)35-20-10-12-22-39(35)49(41)34-18-8-3-9-19-34/h1-30H;2*1-29H. The first-order valence-electron chi connectivity index (χ1n) is 50.5. The first kappa shape index (κ1) is 87.3. The fourth-order valence-electron chi connectivity index (χ4n) is 22.0. The first-order chi connectivity index (χ1) is 74.4. The summed E-state index contributed by atoms with van der Waals surface area (Å²) in [5.41, 5.74) is 35.5. The molecule has 0 aliphatic rings. The number of hydrogen-bond donors (Lipinski definition) is 0. The van der Waals surface area contributed by atoms with Gasteiger partial charge in [0.15, 0.2) is 5.82 Å². The number of aromatic nitrogens is 14. The summed E-state index contributed by atoms with van der Waals surface area (Å²) in [7, 11) is 0. The van der Waals surface area contributed by atoms with Gasteiger partial charge in [0.25, 0.3) is 0 Å². The van der Waals surface area contributed by atoms with E-state index in [4.69, 9.17) is 39.9 Å². The Morgan fingerprint density at radius 2 is 0.400 bits per heavy atom. The van der Waals surface area contributed by atoms with E-state index < -0.39 is 0 Å². The highest BCUT2D eigenvalue weighted by molar-refractivity contribution is 6.17. The number of rotatable bonds is 15. The molecule has 14 nitrogen and oxygen atoms in total. The van der Waals surface area contributed by atoms with Crippen LogP contribution in [0.4, 0.5) is 0 Å². The fourth-order valence-corrected chi connectivity index (χ4v) is 22.0. The van der Waals surface area contributed by atoms with E-state index in [1.54, 1.807) is 0 Å². The molecule has 30 rings (SSSR count). The molecule has 0 atom stereocenters. The van der Waals surface area contributed by atoms with Crippen LogP contribution in [0.5, 0.6) is 0 Å². The van der Waals surface area contributed by atoms with Crippen molar-refractivity contribution in [1.29, 1.82) is 0 Å². The Kier molecular flexibility index (Phi) is 21.6. The van der Waals surface area contributed by atoms with Crippen LogP contribution in [0, 0.1) is 0 Å². The topological polar surface area (TPSA) is 133 Å². The molecule has 0 spiro atoms. The predicted octanol–water partition coefficient (Wildman–Crippen LogP) is 33.8. The Morgan fingerprint density at radius 1 is 0.140 bits per heavy atom. The molecule has 0 aliphatic heterocycles. The summed E-state index contributed by atoms with van der Waals surface area (Å²) >= 11 is 0. The number of benzene rings is 18. The van der Waals surface area contributed by atoms with Crippen molar-refractivity contribution in [3.05, 3.63) is 534 Å². The van der Waals surface area contributed by atoms with Crippen LogP contribution in [0.1, 0.15) is 0 Å². The average Bonchev–Trinajstić information content (AvgIpc) is 1.58. The summed E-state index contributed by atoms with van der Waals surface area (Å²) in [5.74, 6) is 1.28. The third kappa shape index (κ3) is 15.4. The second-order valence-corrected chi connectivity index (χ2v) is 37.8. The zero-order chi connectivity index (χ0) is 99.1. The van der Waals surface area contributed by atoms with Crippen LogP contribution in [0.25, 0.3) is 267 Å². The van der Waals surface area contributed by atoms with E-state index in [2.05, 4.69) is 440 Å². The zero-order valence-electron chi connectivity index (χ0n) is 81.1. The predicted molar refractivity (Wildman–Crippen MR) is 617 cm³/mol. The average molecular weight is 1920 g/mol. The molecule has 18 aromatic carbocycles. The van der Waals surface area contributed by atoms with Gasteiger partial charge in [-0.25, -0.2) is 39.9 Å². The van der Waals surface area contributed by atoms with Crippen molar-refractivity contribution in [2.75, 3.05) is 0 Å². The summed E-state index contributed by atoms with van der Waals surface area (Å²) in [4.78, 5) is 41.0. The molecular formula is C136H88N14. The van der Waals surface area contributed by atoms with Crippen molar-refractivity contribution in [1.82, 2.24) is 67.3 Å². The van der Waals surface area contributed by atoms with Crippen molar-refractivity contribution in [2.45, 2.75) is 0 Å². The van der Waals surface area contributed by atoms with Gasteiger partial charge >= 0.3 is 0 Å². The number of hydrogen-bond acceptors (Lipinski definition) is 8. The molecule has 0 amide bonds. The Balaban J connectivity index is 0.000000108. The van der Waals surface area contributed by atoms with Gasteiger partial charge in [-0.3, -0.25) is 13.7 Å². The SMILES string of the molecule is c1ccc(-c2cc(-c3ccccc3)nc(-n3c4ccccc4c4cc(-c5ccc6c(c5)c5ccccc5n6-c5ccccc5)cnc43)n2)cc1.c1ccc(-c2cc(-n3c4ccccc4c4cc(-c5ccc6c(c5)c5ccccc5n6-c5ccccc5)cnc43)cc(-c3ccccc3)n2)cc1.c1ccc(-c2ncc(-n3c4ccccc4c4cc(-c5ccc6c(c5)c5ccccc5n6-c5ccccc5)cnc43)c(-c3ccccc3)n2)cc1. The Bertz CT molecular complexity index is 9930. The smallest absolute Gasteiger partial charge is 0.237 e. The molecule has 702 valence electrons. The van der Waals surface area contributed by atoms with Gasteiger partial charge in [-0.2, -0.15) is 0 Å². The second kappa shape index (κ2) is 37.0. The van der Waals surface area contributed by atoms with Crippen molar-refractivity contribution in [3.8, 4) is 135 Å². The minimum Gasteiger partial charge on any atom is -0.309 e. The summed E-state index contributed by atoms with van der Waals surface area (Å²) < 4.78 is 13.6. The Labute approximate surface area is 862 Å². The molecule has 150 heavy (non-hydrogen) atoms. The molecule has 0 N–H and O–H groups in total. The monoisotopic (exact) mass is 1920 g/mol. The molecule has 0 unspecified atom stereocenters. The minimum absolute atomic E-state index is 0.590. The molecule has 12 aromatic heterocycles. The normalized spacial score (nSPS) is 11.6. The van der Waals surface area contributed by atoms with Crippen LogP contribution in [0.3, 0.4) is 0 Å². The third-order valence-corrected chi connectivity index (χ3v) is 29.0. The van der Waals surface area contributed by atoms with Gasteiger partial charge in [0.2, 0.25) is 5.95 Å². The van der Waals surface area contributed by atoms with Gasteiger partial charge in [-0.05, 0) is 162 Å². The zero-order valence-corrected chi connectivity index (χ0v) is 81.1. The van der Waals surface area contributed by atoms with Crippen LogP contribution in [-0.2, 0) is 0 Å². The highest BCUT2D eigenvalue weighted by Gasteiger charge is 2.27. The molecule has 0 radical (unpaired) electrons. The van der Waals surface area contributed by atoms with Crippen LogP contribution < -0.4 is 0 Å². The van der Waals surface area contributed by atoms with E-state index in [9.17, 15) is 0 Å². The minimum atomic E-state index is 0.590. The van der Waals surface area contributed by atoms with E-state index in [1.807, 2.05) is 122 Å². The molecule has 0 saturated carbocycles. The lowest BCUT2D eigenvalue weighted by molar-refractivity contribution is 0.982. The van der Waals surface area contributed by atoms with Gasteiger partial charge < -0.3 is 13.7 Å². The van der Waals surface area contributed by atoms with E-state index in [1.165, 1.54) is 65.4 Å². The molecule has 0 bridgehead atoms. The van der Waals surface area contributed by atoms with Crippen LogP contribution in [0.2, 0.25) is 0 Å². The largest absolute Gasteiger partial charge is 0.309 e. The quantitative estimate of drug-likeness (QED) is 0.0991. The maximum absolute atomic E-state index is 5.21.